The van der Waals surface area contributed by atoms with Crippen molar-refractivity contribution in [2.24, 2.45) is 10.7 Å². The van der Waals surface area contributed by atoms with E-state index in [1.165, 1.54) is 24.8 Å². The monoisotopic (exact) mass is 245 g/mol. The van der Waals surface area contributed by atoms with Crippen LogP contribution < -0.4 is 5.73 Å². The molecular weight excluding hydrogens is 222 g/mol. The first kappa shape index (κ1) is 12.9. The van der Waals surface area contributed by atoms with E-state index in [-0.39, 0.29) is 0 Å². The minimum Gasteiger partial charge on any atom is -0.370 e. The fourth-order valence-electron chi connectivity index (χ4n) is 2.71. The van der Waals surface area contributed by atoms with Crippen LogP contribution in [0.15, 0.2) is 35.3 Å². The molecule has 0 bridgehead atoms. The van der Waals surface area contributed by atoms with Crippen molar-refractivity contribution in [2.75, 3.05) is 0 Å². The second kappa shape index (κ2) is 5.89. The number of nitrogens with zero attached hydrogens (tertiary/aromatic N) is 2. The van der Waals surface area contributed by atoms with Crippen LogP contribution in [0.25, 0.3) is 0 Å². The maximum absolute atomic E-state index is 6.15. The van der Waals surface area contributed by atoms with Gasteiger partial charge in [0.05, 0.1) is 6.54 Å². The van der Waals surface area contributed by atoms with Gasteiger partial charge in [0.15, 0.2) is 5.96 Å². The van der Waals surface area contributed by atoms with Crippen molar-refractivity contribution in [3.05, 3.63) is 35.9 Å². The van der Waals surface area contributed by atoms with Gasteiger partial charge >= 0.3 is 0 Å². The number of benzene rings is 1. The minimum atomic E-state index is 0.508. The van der Waals surface area contributed by atoms with Gasteiger partial charge in [-0.25, -0.2) is 4.99 Å². The van der Waals surface area contributed by atoms with Gasteiger partial charge in [-0.1, -0.05) is 30.3 Å². The maximum atomic E-state index is 6.15. The average Bonchev–Trinajstić information content (AvgIpc) is 2.37. The number of hydrogen-bond acceptors (Lipinski definition) is 1. The molecule has 0 spiro atoms. The highest BCUT2D eigenvalue weighted by Crippen LogP contribution is 2.22. The van der Waals surface area contributed by atoms with Crippen molar-refractivity contribution in [1.29, 1.82) is 0 Å². The SMILES string of the molecule is CC1CCCC(C)N1C(N)=NCc1ccccc1. The fraction of sp³-hybridized carbons (Fsp3) is 0.533. The molecule has 1 aliphatic rings. The molecule has 0 aliphatic carbocycles. The molecule has 1 aromatic carbocycles. The quantitative estimate of drug-likeness (QED) is 0.643. The average molecular weight is 245 g/mol. The second-order valence-electron chi connectivity index (χ2n) is 5.20. The Morgan fingerprint density at radius 2 is 1.83 bits per heavy atom. The van der Waals surface area contributed by atoms with E-state index in [1.807, 2.05) is 18.2 Å². The van der Waals surface area contributed by atoms with Crippen LogP contribution in [0.4, 0.5) is 0 Å². The molecule has 3 nitrogen and oxygen atoms in total. The standard InChI is InChI=1S/C15H23N3/c1-12-7-6-8-13(2)18(12)15(16)17-11-14-9-4-3-5-10-14/h3-5,9-10,12-13H,6-8,11H2,1-2H3,(H2,16,17). The molecule has 2 atom stereocenters. The van der Waals surface area contributed by atoms with Gasteiger partial charge in [-0.05, 0) is 38.7 Å². The van der Waals surface area contributed by atoms with Gasteiger partial charge < -0.3 is 10.6 Å². The number of aliphatic imine (C=N–C) groups is 1. The zero-order valence-corrected chi connectivity index (χ0v) is 11.3. The highest BCUT2D eigenvalue weighted by atomic mass is 15.3. The van der Waals surface area contributed by atoms with E-state index in [1.54, 1.807) is 0 Å². The third-order valence-electron chi connectivity index (χ3n) is 3.72. The van der Waals surface area contributed by atoms with Crippen LogP contribution in [0.2, 0.25) is 0 Å². The normalized spacial score (nSPS) is 25.2. The lowest BCUT2D eigenvalue weighted by Gasteiger charge is -2.39. The predicted octanol–water partition coefficient (Wildman–Crippen LogP) is 2.76. The number of piperidine rings is 1. The van der Waals surface area contributed by atoms with Crippen molar-refractivity contribution in [3.8, 4) is 0 Å². The summed E-state index contributed by atoms with van der Waals surface area (Å²) >= 11 is 0. The number of hydrogen-bond donors (Lipinski definition) is 1. The minimum absolute atomic E-state index is 0.508. The zero-order chi connectivity index (χ0) is 13.0. The molecule has 2 unspecified atom stereocenters. The molecule has 1 aromatic rings. The van der Waals surface area contributed by atoms with Gasteiger partial charge in [-0.3, -0.25) is 0 Å². The van der Waals surface area contributed by atoms with Gasteiger partial charge in [0.2, 0.25) is 0 Å². The number of guanidine groups is 1. The molecule has 2 rings (SSSR count). The lowest BCUT2D eigenvalue weighted by Crippen LogP contribution is -2.50. The van der Waals surface area contributed by atoms with E-state index >= 15 is 0 Å². The van der Waals surface area contributed by atoms with Crippen LogP contribution in [0.1, 0.15) is 38.7 Å². The molecule has 18 heavy (non-hydrogen) atoms. The van der Waals surface area contributed by atoms with Crippen molar-refractivity contribution in [3.63, 3.8) is 0 Å². The van der Waals surface area contributed by atoms with Crippen molar-refractivity contribution in [2.45, 2.75) is 51.7 Å². The summed E-state index contributed by atoms with van der Waals surface area (Å²) in [4.78, 5) is 6.81. The molecule has 98 valence electrons. The molecule has 3 heteroatoms. The Kier molecular flexibility index (Phi) is 4.24. The molecule has 2 N–H and O–H groups in total. The molecule has 1 heterocycles. The highest BCUT2D eigenvalue weighted by Gasteiger charge is 2.25. The number of rotatable bonds is 2. The summed E-state index contributed by atoms with van der Waals surface area (Å²) in [7, 11) is 0. The Balaban J connectivity index is 2.03. The van der Waals surface area contributed by atoms with Gasteiger partial charge in [0.1, 0.15) is 0 Å². The van der Waals surface area contributed by atoms with E-state index < -0.39 is 0 Å². The molecule has 1 saturated heterocycles. The summed E-state index contributed by atoms with van der Waals surface area (Å²) in [5.74, 6) is 0.693. The van der Waals surface area contributed by atoms with E-state index in [9.17, 15) is 0 Å². The molecule has 1 aliphatic heterocycles. The Bertz CT molecular complexity index is 389. The second-order valence-corrected chi connectivity index (χ2v) is 5.20. The number of likely N-dealkylation sites (tertiary alicyclic amines) is 1. The van der Waals surface area contributed by atoms with Gasteiger partial charge in [-0.2, -0.15) is 0 Å². The Morgan fingerprint density at radius 1 is 1.22 bits per heavy atom. The van der Waals surface area contributed by atoms with E-state index in [2.05, 4.69) is 35.9 Å². The van der Waals surface area contributed by atoms with Crippen molar-refractivity contribution in [1.82, 2.24) is 4.90 Å². The highest BCUT2D eigenvalue weighted by molar-refractivity contribution is 5.78. The van der Waals surface area contributed by atoms with E-state index in [0.717, 1.165) is 0 Å². The molecular formula is C15H23N3. The van der Waals surface area contributed by atoms with Crippen LogP contribution in [-0.4, -0.2) is 22.9 Å². The Morgan fingerprint density at radius 3 is 2.44 bits per heavy atom. The summed E-state index contributed by atoms with van der Waals surface area (Å²) in [5.41, 5.74) is 7.36. The molecule has 0 aromatic heterocycles. The van der Waals surface area contributed by atoms with Crippen LogP contribution in [0.3, 0.4) is 0 Å². The lowest BCUT2D eigenvalue weighted by molar-refractivity contribution is 0.188. The van der Waals surface area contributed by atoms with Crippen LogP contribution in [0.5, 0.6) is 0 Å². The molecule has 0 radical (unpaired) electrons. The zero-order valence-electron chi connectivity index (χ0n) is 11.3. The fourth-order valence-corrected chi connectivity index (χ4v) is 2.71. The number of nitrogens with two attached hydrogens (primary N) is 1. The van der Waals surface area contributed by atoms with Gasteiger partial charge in [-0.15, -0.1) is 0 Å². The Hall–Kier alpha value is -1.51. The molecule has 1 fully saturated rings. The summed E-state index contributed by atoms with van der Waals surface area (Å²) in [6, 6.07) is 11.3. The van der Waals surface area contributed by atoms with Crippen LogP contribution >= 0.6 is 0 Å². The first-order valence-electron chi connectivity index (χ1n) is 6.80. The summed E-state index contributed by atoms with van der Waals surface area (Å²) in [5, 5.41) is 0. The predicted molar refractivity (Wildman–Crippen MR) is 76.4 cm³/mol. The molecule has 0 amide bonds. The molecule has 0 saturated carbocycles. The first-order valence-corrected chi connectivity index (χ1v) is 6.80. The van der Waals surface area contributed by atoms with Gasteiger partial charge in [0.25, 0.3) is 0 Å². The van der Waals surface area contributed by atoms with Crippen molar-refractivity contribution >= 4 is 5.96 Å². The van der Waals surface area contributed by atoms with Gasteiger partial charge in [0, 0.05) is 12.1 Å². The summed E-state index contributed by atoms with van der Waals surface area (Å²) in [6.45, 7) is 5.14. The summed E-state index contributed by atoms with van der Waals surface area (Å²) < 4.78 is 0. The third-order valence-corrected chi connectivity index (χ3v) is 3.72. The Labute approximate surface area is 110 Å². The summed E-state index contributed by atoms with van der Waals surface area (Å²) in [6.07, 6.45) is 3.72. The van der Waals surface area contributed by atoms with E-state index in [0.29, 0.717) is 24.6 Å². The largest absolute Gasteiger partial charge is 0.370 e. The van der Waals surface area contributed by atoms with Crippen LogP contribution in [0, 0.1) is 0 Å². The van der Waals surface area contributed by atoms with Crippen LogP contribution in [-0.2, 0) is 6.54 Å². The lowest BCUT2D eigenvalue weighted by atomic mass is 9.98. The topological polar surface area (TPSA) is 41.6 Å². The maximum Gasteiger partial charge on any atom is 0.192 e. The first-order chi connectivity index (χ1) is 8.68. The smallest absolute Gasteiger partial charge is 0.192 e. The van der Waals surface area contributed by atoms with E-state index in [4.69, 9.17) is 5.73 Å². The third kappa shape index (κ3) is 3.03. The van der Waals surface area contributed by atoms with Crippen molar-refractivity contribution < 1.29 is 0 Å².